The van der Waals surface area contributed by atoms with Gasteiger partial charge in [0.05, 0.1) is 24.0 Å². The number of imidazole rings is 1. The smallest absolute Gasteiger partial charge is 0.173 e. The van der Waals surface area contributed by atoms with Crippen LogP contribution in [-0.2, 0) is 21.9 Å². The van der Waals surface area contributed by atoms with Crippen LogP contribution in [0.2, 0.25) is 5.02 Å². The molecule has 0 aliphatic rings. The molecule has 0 fully saturated rings. The summed E-state index contributed by atoms with van der Waals surface area (Å²) < 4.78 is 72.7. The van der Waals surface area contributed by atoms with Crippen LogP contribution in [0.4, 0.5) is 13.2 Å². The number of ether oxygens (including phenoxy) is 1. The van der Waals surface area contributed by atoms with Crippen molar-refractivity contribution >= 4 is 34.1 Å². The predicted octanol–water partition coefficient (Wildman–Crippen LogP) is 6.54. The van der Waals surface area contributed by atoms with Crippen LogP contribution >= 0.6 is 23.4 Å². The van der Waals surface area contributed by atoms with E-state index in [1.54, 1.807) is 29.0 Å². The van der Waals surface area contributed by atoms with Gasteiger partial charge in [-0.1, -0.05) is 43.3 Å². The maximum atomic E-state index is 14.7. The van der Waals surface area contributed by atoms with Crippen LogP contribution in [0.1, 0.15) is 30.7 Å². The summed E-state index contributed by atoms with van der Waals surface area (Å²) in [6.07, 6.45) is 1.64. The van der Waals surface area contributed by atoms with E-state index in [-0.39, 0.29) is 11.3 Å². The highest BCUT2D eigenvalue weighted by Gasteiger charge is 2.30. The number of nitrogens with zero attached hydrogens (tertiary/aromatic N) is 2. The Bertz CT molecular complexity index is 1530. The molecule has 1 aromatic heterocycles. The number of methoxy groups -OCH3 is 1. The molecular formula is C26H22ClF3N2O3S2. The zero-order valence-corrected chi connectivity index (χ0v) is 22.4. The summed E-state index contributed by atoms with van der Waals surface area (Å²) in [5.41, 5.74) is 1.12. The summed E-state index contributed by atoms with van der Waals surface area (Å²) in [6, 6.07) is 13.0. The molecule has 5 nitrogen and oxygen atoms in total. The lowest BCUT2D eigenvalue weighted by molar-refractivity contribution is 0.413. The highest BCUT2D eigenvalue weighted by Crippen LogP contribution is 2.39. The Labute approximate surface area is 223 Å². The second kappa shape index (κ2) is 10.8. The first-order valence-corrected chi connectivity index (χ1v) is 13.5. The molecular weight excluding hydrogens is 545 g/mol. The Hall–Kier alpha value is -2.95. The topological polar surface area (TPSA) is 61.2 Å². The summed E-state index contributed by atoms with van der Waals surface area (Å²) in [7, 11) is -1.71. The minimum Gasteiger partial charge on any atom is -0.495 e. The van der Waals surface area contributed by atoms with Crippen LogP contribution in [0.25, 0.3) is 5.69 Å². The van der Waals surface area contributed by atoms with Gasteiger partial charge in [-0.25, -0.2) is 26.6 Å². The summed E-state index contributed by atoms with van der Waals surface area (Å²) >= 11 is 7.24. The van der Waals surface area contributed by atoms with E-state index in [1.807, 2.05) is 26.0 Å². The first-order chi connectivity index (χ1) is 17.5. The van der Waals surface area contributed by atoms with Gasteiger partial charge in [-0.15, -0.1) is 0 Å². The van der Waals surface area contributed by atoms with Crippen molar-refractivity contribution in [2.45, 2.75) is 35.1 Å². The highest BCUT2D eigenvalue weighted by atomic mass is 35.5. The van der Waals surface area contributed by atoms with Crippen molar-refractivity contribution in [2.24, 2.45) is 0 Å². The van der Waals surface area contributed by atoms with E-state index in [9.17, 15) is 21.6 Å². The first kappa shape index (κ1) is 27.1. The van der Waals surface area contributed by atoms with Crippen molar-refractivity contribution in [3.05, 3.63) is 100 Å². The second-order valence-electron chi connectivity index (χ2n) is 8.62. The zero-order valence-electron chi connectivity index (χ0n) is 20.0. The SMILES string of the molecule is COc1cc(C(C)(C)c2cnc(SCc3c(F)ccc([SH](=O)=O)c3F)n2-c2ccc(F)cc2)ccc1Cl. The predicted molar refractivity (Wildman–Crippen MR) is 138 cm³/mol. The van der Waals surface area contributed by atoms with Gasteiger partial charge >= 0.3 is 0 Å². The summed E-state index contributed by atoms with van der Waals surface area (Å²) in [6.45, 7) is 3.93. The first-order valence-electron chi connectivity index (χ1n) is 11.0. The Morgan fingerprint density at radius 1 is 1.05 bits per heavy atom. The van der Waals surface area contributed by atoms with Gasteiger partial charge in [-0.3, -0.25) is 4.57 Å². The maximum Gasteiger partial charge on any atom is 0.173 e. The van der Waals surface area contributed by atoms with Crippen molar-refractivity contribution in [2.75, 3.05) is 7.11 Å². The molecule has 4 rings (SSSR count). The van der Waals surface area contributed by atoms with Gasteiger partial charge in [-0.05, 0) is 54.1 Å². The van der Waals surface area contributed by atoms with Crippen LogP contribution < -0.4 is 4.74 Å². The van der Waals surface area contributed by atoms with E-state index >= 15 is 0 Å². The fourth-order valence-corrected chi connectivity index (χ4v) is 5.59. The van der Waals surface area contributed by atoms with Crippen LogP contribution in [0.5, 0.6) is 5.75 Å². The van der Waals surface area contributed by atoms with E-state index in [2.05, 4.69) is 4.98 Å². The average Bonchev–Trinajstić information content (AvgIpc) is 3.29. The third kappa shape index (κ3) is 5.37. The highest BCUT2D eigenvalue weighted by molar-refractivity contribution is 7.98. The normalized spacial score (nSPS) is 11.8. The Morgan fingerprint density at radius 2 is 1.76 bits per heavy atom. The van der Waals surface area contributed by atoms with Crippen molar-refractivity contribution in [3.8, 4) is 11.4 Å². The van der Waals surface area contributed by atoms with Crippen LogP contribution in [0, 0.1) is 17.5 Å². The molecule has 0 amide bonds. The minimum atomic E-state index is -3.23. The van der Waals surface area contributed by atoms with Gasteiger partial charge in [0.15, 0.2) is 15.9 Å². The summed E-state index contributed by atoms with van der Waals surface area (Å²) in [5, 5.41) is 0.836. The van der Waals surface area contributed by atoms with Gasteiger partial charge in [0.2, 0.25) is 0 Å². The third-order valence-electron chi connectivity index (χ3n) is 6.04. The number of thioether (sulfide) groups is 1. The van der Waals surface area contributed by atoms with Crippen molar-refractivity contribution in [1.29, 1.82) is 0 Å². The number of aromatic nitrogens is 2. The van der Waals surface area contributed by atoms with Gasteiger partial charge in [0, 0.05) is 22.4 Å². The van der Waals surface area contributed by atoms with Gasteiger partial charge in [0.1, 0.15) is 28.1 Å². The molecule has 0 spiro atoms. The molecule has 0 N–H and O–H groups in total. The standard InChI is InChI=1S/C26H22ClF3N2O3S2/c1-26(2,15-4-9-19(27)21(12-15)35-3)23-13-31-25(32(23)17-7-5-16(28)6-8-17)36-14-18-20(29)10-11-22(24(18)30)37(33)34/h4-13,37H,14H2,1-3H3. The van der Waals surface area contributed by atoms with Crippen LogP contribution in [0.15, 0.2) is 70.8 Å². The van der Waals surface area contributed by atoms with Gasteiger partial charge < -0.3 is 4.74 Å². The van der Waals surface area contributed by atoms with E-state index in [0.717, 1.165) is 29.5 Å². The number of thiol groups is 1. The lowest BCUT2D eigenvalue weighted by Crippen LogP contribution is -2.23. The second-order valence-corrected chi connectivity index (χ2v) is 11.0. The van der Waals surface area contributed by atoms with Crippen LogP contribution in [-0.4, -0.2) is 25.1 Å². The molecule has 11 heteroatoms. The monoisotopic (exact) mass is 566 g/mol. The zero-order chi connectivity index (χ0) is 26.9. The molecule has 0 unspecified atom stereocenters. The molecule has 1 heterocycles. The molecule has 3 aromatic carbocycles. The van der Waals surface area contributed by atoms with E-state index in [4.69, 9.17) is 16.3 Å². The molecule has 0 bridgehead atoms. The molecule has 0 radical (unpaired) electrons. The Morgan fingerprint density at radius 3 is 2.41 bits per heavy atom. The molecule has 194 valence electrons. The quantitative estimate of drug-likeness (QED) is 0.194. The van der Waals surface area contributed by atoms with Gasteiger partial charge in [-0.2, -0.15) is 0 Å². The average molecular weight is 567 g/mol. The molecule has 0 aliphatic carbocycles. The summed E-state index contributed by atoms with van der Waals surface area (Å²) in [4.78, 5) is 3.93. The maximum absolute atomic E-state index is 14.7. The molecule has 37 heavy (non-hydrogen) atoms. The number of hydrogen-bond donors (Lipinski definition) is 1. The summed E-state index contributed by atoms with van der Waals surface area (Å²) in [5.74, 6) is -2.13. The van der Waals surface area contributed by atoms with Crippen molar-refractivity contribution < 1.29 is 26.3 Å². The molecule has 0 saturated carbocycles. The number of halogens is 4. The largest absolute Gasteiger partial charge is 0.495 e. The van der Waals surface area contributed by atoms with Gasteiger partial charge in [0.25, 0.3) is 0 Å². The Kier molecular flexibility index (Phi) is 7.91. The molecule has 0 saturated heterocycles. The molecule has 0 atom stereocenters. The van der Waals surface area contributed by atoms with E-state index in [1.165, 1.54) is 19.2 Å². The van der Waals surface area contributed by atoms with Crippen LogP contribution in [0.3, 0.4) is 0 Å². The van der Waals surface area contributed by atoms with Crippen molar-refractivity contribution in [1.82, 2.24) is 9.55 Å². The molecule has 0 aliphatic heterocycles. The lowest BCUT2D eigenvalue weighted by Gasteiger charge is -2.28. The molecule has 4 aromatic rings. The van der Waals surface area contributed by atoms with E-state index < -0.39 is 38.5 Å². The third-order valence-corrected chi connectivity index (χ3v) is 8.07. The number of rotatable bonds is 8. The Balaban J connectivity index is 1.81. The van der Waals surface area contributed by atoms with Crippen molar-refractivity contribution in [3.63, 3.8) is 0 Å². The number of hydrogen-bond acceptors (Lipinski definition) is 5. The van der Waals surface area contributed by atoms with E-state index in [0.29, 0.717) is 27.3 Å². The fraction of sp³-hybridized carbons (Fsp3) is 0.192. The lowest BCUT2D eigenvalue weighted by atomic mass is 9.81. The fourth-order valence-electron chi connectivity index (χ4n) is 3.91. The minimum absolute atomic E-state index is 0.221. The number of benzene rings is 3.